The highest BCUT2D eigenvalue weighted by Crippen LogP contribution is 2.33. The fraction of sp³-hybridized carbons (Fsp3) is 0.391. The van der Waals surface area contributed by atoms with Gasteiger partial charge in [0.05, 0.1) is 11.4 Å². The summed E-state index contributed by atoms with van der Waals surface area (Å²) in [6.45, 7) is 1.81. The topological polar surface area (TPSA) is 160 Å². The van der Waals surface area contributed by atoms with Gasteiger partial charge in [0.1, 0.15) is 17.1 Å². The summed E-state index contributed by atoms with van der Waals surface area (Å²) >= 11 is 0. The predicted octanol–water partition coefficient (Wildman–Crippen LogP) is 1.79. The number of aryl methyl sites for hydroxylation is 2. The van der Waals surface area contributed by atoms with E-state index in [4.69, 9.17) is 5.14 Å². The maximum Gasteiger partial charge on any atom is 0.573 e. The van der Waals surface area contributed by atoms with Crippen LogP contribution in [-0.4, -0.2) is 63.6 Å². The van der Waals surface area contributed by atoms with E-state index < -0.39 is 43.8 Å². The molecule has 0 aromatic heterocycles. The summed E-state index contributed by atoms with van der Waals surface area (Å²) in [6.07, 6.45) is -4.48. The normalized spacial score (nSPS) is 18.1. The third-order valence-corrected chi connectivity index (χ3v) is 8.89. The first kappa shape index (κ1) is 28.8. The van der Waals surface area contributed by atoms with Crippen LogP contribution in [0.15, 0.2) is 47.5 Å². The number of aliphatic imine (C=N–C) groups is 1. The number of piperidine rings is 1. The van der Waals surface area contributed by atoms with Gasteiger partial charge in [0, 0.05) is 18.7 Å². The second-order valence-electron chi connectivity index (χ2n) is 9.28. The summed E-state index contributed by atoms with van der Waals surface area (Å²) in [4.78, 5) is 17.3. The maximum atomic E-state index is 13.0. The average molecular weight is 590 g/mol. The molecule has 0 aliphatic carbocycles. The van der Waals surface area contributed by atoms with Crippen molar-refractivity contribution in [1.82, 2.24) is 9.62 Å². The van der Waals surface area contributed by atoms with Crippen molar-refractivity contribution in [3.8, 4) is 5.75 Å². The monoisotopic (exact) mass is 589 g/mol. The predicted molar refractivity (Wildman–Crippen MR) is 137 cm³/mol. The van der Waals surface area contributed by atoms with Gasteiger partial charge in [0.2, 0.25) is 10.0 Å². The molecule has 2 aliphatic rings. The zero-order valence-corrected chi connectivity index (χ0v) is 22.3. The number of hydrogen-bond donors (Lipinski definition) is 3. The van der Waals surface area contributed by atoms with Crippen LogP contribution in [0.4, 0.5) is 18.9 Å². The number of alkyl halides is 3. The van der Waals surface area contributed by atoms with Crippen molar-refractivity contribution in [3.05, 3.63) is 59.2 Å². The molecular formula is C23H26F3N5O6S2. The summed E-state index contributed by atoms with van der Waals surface area (Å²) in [6, 6.07) is 9.74. The largest absolute Gasteiger partial charge is 0.573 e. The molecule has 1 amide bonds. The van der Waals surface area contributed by atoms with Crippen molar-refractivity contribution >= 4 is 37.7 Å². The number of carbonyl (C=O) groups excluding carboxylic acids is 1. The van der Waals surface area contributed by atoms with Gasteiger partial charge in [-0.1, -0.05) is 18.2 Å². The van der Waals surface area contributed by atoms with Crippen LogP contribution in [0.1, 0.15) is 29.5 Å². The van der Waals surface area contributed by atoms with Crippen molar-refractivity contribution in [1.29, 1.82) is 0 Å². The van der Waals surface area contributed by atoms with E-state index in [9.17, 15) is 34.8 Å². The minimum atomic E-state index is -4.87. The molecule has 0 unspecified atom stereocenters. The highest BCUT2D eigenvalue weighted by Gasteiger charge is 2.47. The summed E-state index contributed by atoms with van der Waals surface area (Å²) in [5.41, 5.74) is 0.680. The van der Waals surface area contributed by atoms with Crippen LogP contribution < -0.4 is 19.9 Å². The van der Waals surface area contributed by atoms with Gasteiger partial charge in [-0.05, 0) is 61.6 Å². The van der Waals surface area contributed by atoms with Crippen LogP contribution in [0.2, 0.25) is 0 Å². The van der Waals surface area contributed by atoms with Crippen LogP contribution in [-0.2, 0) is 31.4 Å². The molecule has 2 aromatic rings. The smallest absolute Gasteiger partial charge is 0.406 e. The number of anilines is 1. The molecule has 2 aliphatic heterocycles. The second kappa shape index (κ2) is 10.4. The van der Waals surface area contributed by atoms with Gasteiger partial charge >= 0.3 is 6.36 Å². The number of hydrogen-bond acceptors (Lipinski definition) is 7. The number of amides is 1. The summed E-state index contributed by atoms with van der Waals surface area (Å²) in [5.74, 6) is -1.00. The minimum absolute atomic E-state index is 0.0416. The number of sulfonamides is 1. The molecule has 2 aromatic carbocycles. The Hall–Kier alpha value is -3.21. The Bertz CT molecular complexity index is 1520. The lowest BCUT2D eigenvalue weighted by molar-refractivity contribution is -0.274. The Morgan fingerprint density at radius 1 is 1.13 bits per heavy atom. The van der Waals surface area contributed by atoms with Crippen molar-refractivity contribution in [2.24, 2.45) is 10.1 Å². The quantitative estimate of drug-likeness (QED) is 0.426. The van der Waals surface area contributed by atoms with E-state index in [1.165, 1.54) is 22.5 Å². The van der Waals surface area contributed by atoms with Crippen molar-refractivity contribution in [2.75, 3.05) is 23.6 Å². The van der Waals surface area contributed by atoms with Crippen LogP contribution in [0.25, 0.3) is 0 Å². The molecule has 0 bridgehead atoms. The molecule has 4 rings (SSSR count). The summed E-state index contributed by atoms with van der Waals surface area (Å²) < 4.78 is 93.5. The molecule has 16 heteroatoms. The van der Waals surface area contributed by atoms with Crippen molar-refractivity contribution < 1.29 is 39.5 Å². The van der Waals surface area contributed by atoms with E-state index >= 15 is 0 Å². The van der Waals surface area contributed by atoms with Crippen LogP contribution in [0, 0.1) is 6.92 Å². The number of rotatable bonds is 8. The highest BCUT2D eigenvalue weighted by molar-refractivity contribution is 7.90. The zero-order valence-electron chi connectivity index (χ0n) is 20.7. The third kappa shape index (κ3) is 7.06. The van der Waals surface area contributed by atoms with Crippen LogP contribution in [0.5, 0.6) is 5.75 Å². The van der Waals surface area contributed by atoms with Crippen molar-refractivity contribution in [2.45, 2.75) is 38.1 Å². The molecule has 0 saturated carbocycles. The molecule has 0 atom stereocenters. The molecule has 1 spiro atoms. The Kier molecular flexibility index (Phi) is 7.68. The minimum Gasteiger partial charge on any atom is -0.406 e. The Morgan fingerprint density at radius 3 is 2.44 bits per heavy atom. The van der Waals surface area contributed by atoms with Gasteiger partial charge in [0.25, 0.3) is 16.1 Å². The standard InChI is InChI=1S/C23H26F3N5O6S2/c1-15-13-18(30-39(27,35)36)6-5-16(15)7-12-38(33,34)31-10-8-22(9-11-31)21(32)28-20(29-22)17-3-2-4-19(14-17)37-23(24,25)26/h2-6,13-14,30H,7-12H2,1H3,(H2,27,35,36)(H,28,29,32). The highest BCUT2D eigenvalue weighted by atomic mass is 32.2. The molecule has 39 heavy (non-hydrogen) atoms. The summed E-state index contributed by atoms with van der Waals surface area (Å²) in [7, 11) is -7.63. The number of halogens is 3. The molecule has 212 valence electrons. The molecule has 0 radical (unpaired) electrons. The molecule has 11 nitrogen and oxygen atoms in total. The fourth-order valence-corrected chi connectivity index (χ4v) is 6.47. The molecule has 4 N–H and O–H groups in total. The fourth-order valence-electron chi connectivity index (χ4n) is 4.54. The van der Waals surface area contributed by atoms with E-state index in [-0.39, 0.29) is 55.2 Å². The molecule has 2 heterocycles. The lowest BCUT2D eigenvalue weighted by Gasteiger charge is -2.34. The van der Waals surface area contributed by atoms with Gasteiger partial charge in [-0.2, -0.15) is 8.42 Å². The number of nitrogens with two attached hydrogens (primary N) is 1. The number of carbonyl (C=O) groups is 1. The first-order chi connectivity index (χ1) is 18.1. The summed E-state index contributed by atoms with van der Waals surface area (Å²) in [5, 5.41) is 7.57. The van der Waals surface area contributed by atoms with Gasteiger partial charge in [-0.3, -0.25) is 14.5 Å². The molecule has 1 fully saturated rings. The van der Waals surface area contributed by atoms with Gasteiger partial charge < -0.3 is 10.1 Å². The Morgan fingerprint density at radius 2 is 1.82 bits per heavy atom. The number of nitrogens with one attached hydrogen (secondary N) is 2. The van der Waals surface area contributed by atoms with E-state index in [1.807, 2.05) is 0 Å². The zero-order chi connectivity index (χ0) is 28.6. The maximum absolute atomic E-state index is 13.0. The number of amidine groups is 1. The molecule has 1 saturated heterocycles. The van der Waals surface area contributed by atoms with E-state index in [0.29, 0.717) is 11.1 Å². The Balaban J connectivity index is 1.40. The lowest BCUT2D eigenvalue weighted by atomic mass is 9.89. The number of benzene rings is 2. The van der Waals surface area contributed by atoms with Crippen molar-refractivity contribution in [3.63, 3.8) is 0 Å². The van der Waals surface area contributed by atoms with Crippen LogP contribution in [0.3, 0.4) is 0 Å². The SMILES string of the molecule is Cc1cc(NS(N)(=O)=O)ccc1CCS(=O)(=O)N1CCC2(CC1)N=C(c1cccc(OC(F)(F)F)c1)NC2=O. The van der Waals surface area contributed by atoms with E-state index in [0.717, 1.165) is 12.1 Å². The lowest BCUT2D eigenvalue weighted by Crippen LogP contribution is -2.50. The average Bonchev–Trinajstić information content (AvgIpc) is 3.12. The number of nitrogens with zero attached hydrogens (tertiary/aromatic N) is 2. The molecular weight excluding hydrogens is 563 g/mol. The van der Waals surface area contributed by atoms with Gasteiger partial charge in [0.15, 0.2) is 0 Å². The number of ether oxygens (including phenoxy) is 1. The van der Waals surface area contributed by atoms with Gasteiger partial charge in [-0.25, -0.2) is 17.9 Å². The first-order valence-electron chi connectivity index (χ1n) is 11.7. The van der Waals surface area contributed by atoms with E-state index in [2.05, 4.69) is 19.8 Å². The van der Waals surface area contributed by atoms with E-state index in [1.54, 1.807) is 19.1 Å². The first-order valence-corrected chi connectivity index (χ1v) is 14.9. The van der Waals surface area contributed by atoms with Gasteiger partial charge in [-0.15, -0.1) is 13.2 Å². The second-order valence-corrected chi connectivity index (χ2v) is 12.7. The Labute approximate surface area is 223 Å². The van der Waals surface area contributed by atoms with Crippen LogP contribution >= 0.6 is 0 Å². The third-order valence-electron chi connectivity index (χ3n) is 6.50.